The summed E-state index contributed by atoms with van der Waals surface area (Å²) in [5.41, 5.74) is 0. The Bertz CT molecular complexity index is 8.00. The standard InChI is InChI=1S/Al.Gd.Sc.Y.3H. The van der Waals surface area contributed by atoms with Crippen LogP contribution in [0, 0.1) is 39.9 Å². The molecule has 20 valence electrons. The average Bonchev–Trinajstić information content (AvgIpc) is 0. The van der Waals surface area contributed by atoms with Crippen LogP contribution in [-0.2, 0) is 58.6 Å². The Morgan fingerprint density at radius 1 is 1.00 bits per heavy atom. The van der Waals surface area contributed by atoms with E-state index in [9.17, 15) is 0 Å². The minimum atomic E-state index is 0. The quantitative estimate of drug-likeness (QED) is 0.493. The number of hydrogen-bond acceptors (Lipinski definition) is 0. The smallest absolute Gasteiger partial charge is 0 e. The van der Waals surface area contributed by atoms with Crippen LogP contribution in [0.25, 0.3) is 0 Å². The molecular weight excluding hydrogens is 318 g/mol. The SMILES string of the molecule is [AlH3].[Gd].[Sc].[Y]. The molecule has 0 nitrogen and oxygen atoms in total. The van der Waals surface area contributed by atoms with E-state index in [1.54, 1.807) is 0 Å². The Hall–Kier alpha value is 3.83. The molecule has 0 saturated heterocycles. The summed E-state index contributed by atoms with van der Waals surface area (Å²) in [5, 5.41) is 0. The monoisotopic (exact) mass is 322 g/mol. The van der Waals surface area contributed by atoms with Crippen LogP contribution >= 0.6 is 0 Å². The zero-order valence-corrected chi connectivity index (χ0v) is 8.42. The molecule has 4 heavy (non-hydrogen) atoms. The third-order valence-electron chi connectivity index (χ3n) is 0. The van der Waals surface area contributed by atoms with Gasteiger partial charge < -0.3 is 0 Å². The fourth-order valence-corrected chi connectivity index (χ4v) is 0. The van der Waals surface area contributed by atoms with Crippen LogP contribution in [0.2, 0.25) is 0 Å². The van der Waals surface area contributed by atoms with Gasteiger partial charge in [-0.05, 0) is 0 Å². The van der Waals surface area contributed by atoms with Gasteiger partial charge >= 0.3 is 0 Å². The van der Waals surface area contributed by atoms with Gasteiger partial charge in [-0.15, -0.1) is 0 Å². The van der Waals surface area contributed by atoms with E-state index in [2.05, 4.69) is 0 Å². The molecule has 0 aliphatic carbocycles. The molecule has 0 fully saturated rings. The van der Waals surface area contributed by atoms with Gasteiger partial charge in [0.2, 0.25) is 0 Å². The van der Waals surface area contributed by atoms with E-state index in [1.807, 2.05) is 0 Å². The first-order valence-electron chi connectivity index (χ1n) is 0. The van der Waals surface area contributed by atoms with Crippen LogP contribution in [0.3, 0.4) is 0 Å². The maximum atomic E-state index is 0. The van der Waals surface area contributed by atoms with E-state index >= 15 is 0 Å². The molecule has 0 aliphatic heterocycles. The molecule has 0 aliphatic rings. The van der Waals surface area contributed by atoms with Gasteiger partial charge in [-0.2, -0.15) is 0 Å². The molecule has 0 atom stereocenters. The summed E-state index contributed by atoms with van der Waals surface area (Å²) < 4.78 is 0. The van der Waals surface area contributed by atoms with Crippen molar-refractivity contribution in [1.29, 1.82) is 0 Å². The first-order valence-corrected chi connectivity index (χ1v) is 0. The molecule has 2 radical (unpaired) electrons. The average molecular weight is 321 g/mol. The molecule has 0 amide bonds. The van der Waals surface area contributed by atoms with Crippen molar-refractivity contribution in [3.63, 3.8) is 0 Å². The summed E-state index contributed by atoms with van der Waals surface area (Å²) in [7, 11) is 0. The van der Waals surface area contributed by atoms with E-state index in [0.29, 0.717) is 0 Å². The predicted octanol–water partition coefficient (Wildman–Crippen LogP) is -1.19. The van der Waals surface area contributed by atoms with Crippen molar-refractivity contribution in [1.82, 2.24) is 0 Å². The van der Waals surface area contributed by atoms with Crippen LogP contribution in [0.5, 0.6) is 0 Å². The summed E-state index contributed by atoms with van der Waals surface area (Å²) in [6.45, 7) is 0. The Kier molecular flexibility index (Phi) is 98.5. The van der Waals surface area contributed by atoms with Crippen molar-refractivity contribution in [3.8, 4) is 0 Å². The van der Waals surface area contributed by atoms with Gasteiger partial charge in [0, 0.05) is 98.5 Å². The van der Waals surface area contributed by atoms with Crippen molar-refractivity contribution in [2.24, 2.45) is 0 Å². The Morgan fingerprint density at radius 3 is 1.00 bits per heavy atom. The minimum absolute atomic E-state index is 0. The molecule has 0 N–H and O–H groups in total. The van der Waals surface area contributed by atoms with E-state index in [0.717, 1.165) is 0 Å². The molecule has 0 unspecified atom stereocenters. The molecule has 0 rings (SSSR count). The van der Waals surface area contributed by atoms with Crippen molar-refractivity contribution in [2.45, 2.75) is 0 Å². The Labute approximate surface area is 113 Å². The number of hydrogen-bond donors (Lipinski definition) is 0. The second kappa shape index (κ2) is 15.8. The van der Waals surface area contributed by atoms with Crippen molar-refractivity contribution < 1.29 is 98.5 Å². The molecule has 0 aromatic heterocycles. The van der Waals surface area contributed by atoms with Crippen LogP contribution < -0.4 is 0 Å². The van der Waals surface area contributed by atoms with E-state index in [4.69, 9.17) is 0 Å². The second-order valence-electron chi connectivity index (χ2n) is 0. The molecule has 4 heteroatoms. The fourth-order valence-electron chi connectivity index (χ4n) is 0. The zero-order chi connectivity index (χ0) is 0. The van der Waals surface area contributed by atoms with Gasteiger partial charge in [-0.25, -0.2) is 0 Å². The summed E-state index contributed by atoms with van der Waals surface area (Å²) >= 11 is 0. The molecule has 0 heterocycles. The summed E-state index contributed by atoms with van der Waals surface area (Å²) in [5.74, 6) is 0. The molecule has 0 aromatic carbocycles. The molecule has 0 bridgehead atoms. The zero-order valence-electron chi connectivity index (χ0n) is 1.51. The summed E-state index contributed by atoms with van der Waals surface area (Å²) in [6, 6.07) is 0. The van der Waals surface area contributed by atoms with Gasteiger partial charge in [0.15, 0.2) is 17.4 Å². The van der Waals surface area contributed by atoms with Crippen LogP contribution in [0.1, 0.15) is 0 Å². The third kappa shape index (κ3) is 9.27. The van der Waals surface area contributed by atoms with E-state index in [-0.39, 0.29) is 116 Å². The van der Waals surface area contributed by atoms with E-state index in [1.165, 1.54) is 0 Å². The topological polar surface area (TPSA) is 0 Å². The predicted molar refractivity (Wildman–Crippen MR) is 9.94 cm³/mol. The van der Waals surface area contributed by atoms with Crippen LogP contribution in [0.4, 0.5) is 0 Å². The minimum Gasteiger partial charge on any atom is 0 e. The van der Waals surface area contributed by atoms with E-state index < -0.39 is 0 Å². The number of rotatable bonds is 0. The Morgan fingerprint density at radius 2 is 1.00 bits per heavy atom. The molecular formula is H3AlGdScY. The maximum absolute atomic E-state index is 0. The first kappa shape index (κ1) is 24.9. The van der Waals surface area contributed by atoms with Crippen molar-refractivity contribution in [2.75, 3.05) is 0 Å². The summed E-state index contributed by atoms with van der Waals surface area (Å²) in [6.07, 6.45) is 0. The van der Waals surface area contributed by atoms with Gasteiger partial charge in [-0.3, -0.25) is 0 Å². The summed E-state index contributed by atoms with van der Waals surface area (Å²) in [4.78, 5) is 0. The van der Waals surface area contributed by atoms with Crippen LogP contribution in [0.15, 0.2) is 0 Å². The third-order valence-corrected chi connectivity index (χ3v) is 0. The second-order valence-corrected chi connectivity index (χ2v) is 0. The fraction of sp³-hybridized carbons (Fsp3) is 0. The van der Waals surface area contributed by atoms with Gasteiger partial charge in [-0.1, -0.05) is 0 Å². The molecule has 0 aromatic rings. The first-order chi connectivity index (χ1) is 0. The molecule has 0 spiro atoms. The van der Waals surface area contributed by atoms with Crippen molar-refractivity contribution in [3.05, 3.63) is 0 Å². The van der Waals surface area contributed by atoms with Crippen LogP contribution in [-0.4, -0.2) is 17.4 Å². The van der Waals surface area contributed by atoms with Gasteiger partial charge in [0.25, 0.3) is 0 Å². The van der Waals surface area contributed by atoms with Crippen molar-refractivity contribution >= 4 is 17.4 Å². The molecule has 0 saturated carbocycles. The maximum Gasteiger partial charge on any atom is 0.187 e. The van der Waals surface area contributed by atoms with Gasteiger partial charge in [0.05, 0.1) is 0 Å². The Balaban J connectivity index is 0. The van der Waals surface area contributed by atoms with Gasteiger partial charge in [0.1, 0.15) is 0 Å². The largest absolute Gasteiger partial charge is 0.187 e. The normalized spacial score (nSPS) is 0.